The Hall–Kier alpha value is -2.53. The molecule has 0 aliphatic carbocycles. The van der Waals surface area contributed by atoms with Crippen molar-refractivity contribution in [3.63, 3.8) is 0 Å². The molecule has 0 unspecified atom stereocenters. The third-order valence-corrected chi connectivity index (χ3v) is 6.16. The second kappa shape index (κ2) is 7.61. The first-order chi connectivity index (χ1) is 13.1. The highest BCUT2D eigenvalue weighted by Gasteiger charge is 2.24. The summed E-state index contributed by atoms with van der Waals surface area (Å²) >= 11 is 1.83. The standard InChI is InChI=1S/C22H23N3OS/c1-16-19(17(2)25(23-16)18-9-4-3-5-10-18)15-22(26)24-13-8-14-27-21-12-7-6-11-20(21)24/h3-7,9-12H,8,13-15H2,1-2H3. The van der Waals surface area contributed by atoms with E-state index in [1.807, 2.05) is 77.7 Å². The van der Waals surface area contributed by atoms with E-state index in [0.29, 0.717) is 6.42 Å². The quantitative estimate of drug-likeness (QED) is 0.671. The zero-order valence-electron chi connectivity index (χ0n) is 15.7. The maximum absolute atomic E-state index is 13.2. The number of aromatic nitrogens is 2. The van der Waals surface area contributed by atoms with Gasteiger partial charge < -0.3 is 4.90 Å². The Morgan fingerprint density at radius 3 is 2.63 bits per heavy atom. The summed E-state index contributed by atoms with van der Waals surface area (Å²) in [5, 5.41) is 4.68. The van der Waals surface area contributed by atoms with Crippen LogP contribution in [0, 0.1) is 13.8 Å². The molecule has 1 aliphatic heterocycles. The van der Waals surface area contributed by atoms with Crippen LogP contribution in [0.3, 0.4) is 0 Å². The number of hydrogen-bond donors (Lipinski definition) is 0. The zero-order chi connectivity index (χ0) is 18.8. The fraction of sp³-hybridized carbons (Fsp3) is 0.273. The van der Waals surface area contributed by atoms with Crippen molar-refractivity contribution >= 4 is 23.4 Å². The second-order valence-electron chi connectivity index (χ2n) is 6.79. The highest BCUT2D eigenvalue weighted by Crippen LogP contribution is 2.34. The maximum atomic E-state index is 13.2. The number of hydrogen-bond acceptors (Lipinski definition) is 3. The lowest BCUT2D eigenvalue weighted by Gasteiger charge is -2.22. The van der Waals surface area contributed by atoms with Crippen LogP contribution in [0.25, 0.3) is 5.69 Å². The SMILES string of the molecule is Cc1nn(-c2ccccc2)c(C)c1CC(=O)N1CCCSc2ccccc21. The number of fused-ring (bicyclic) bond motifs is 1. The van der Waals surface area contributed by atoms with Crippen molar-refractivity contribution in [1.82, 2.24) is 9.78 Å². The minimum atomic E-state index is 0.142. The summed E-state index contributed by atoms with van der Waals surface area (Å²) in [7, 11) is 0. The van der Waals surface area contributed by atoms with E-state index >= 15 is 0 Å². The van der Waals surface area contributed by atoms with E-state index in [1.165, 1.54) is 4.90 Å². The number of benzene rings is 2. The first-order valence-corrected chi connectivity index (χ1v) is 10.3. The lowest BCUT2D eigenvalue weighted by molar-refractivity contribution is -0.118. The monoisotopic (exact) mass is 377 g/mol. The van der Waals surface area contributed by atoms with E-state index < -0.39 is 0 Å². The summed E-state index contributed by atoms with van der Waals surface area (Å²) in [6, 6.07) is 18.3. The Morgan fingerprint density at radius 2 is 1.81 bits per heavy atom. The van der Waals surface area contributed by atoms with Gasteiger partial charge in [-0.2, -0.15) is 5.10 Å². The first kappa shape index (κ1) is 17.9. The van der Waals surface area contributed by atoms with Gasteiger partial charge in [0.05, 0.1) is 23.5 Å². The molecule has 2 heterocycles. The van der Waals surface area contributed by atoms with Crippen LogP contribution in [-0.4, -0.2) is 28.0 Å². The molecule has 1 aliphatic rings. The van der Waals surface area contributed by atoms with E-state index in [0.717, 1.165) is 47.0 Å². The third-order valence-electron chi connectivity index (χ3n) is 5.01. The highest BCUT2D eigenvalue weighted by atomic mass is 32.2. The largest absolute Gasteiger partial charge is 0.311 e. The molecule has 2 aromatic carbocycles. The van der Waals surface area contributed by atoms with E-state index in [9.17, 15) is 4.79 Å². The number of amides is 1. The number of nitrogens with zero attached hydrogens (tertiary/aromatic N) is 3. The summed E-state index contributed by atoms with van der Waals surface area (Å²) in [6.07, 6.45) is 1.38. The van der Waals surface area contributed by atoms with Gasteiger partial charge >= 0.3 is 0 Å². The molecular weight excluding hydrogens is 354 g/mol. The fourth-order valence-electron chi connectivity index (χ4n) is 3.58. The van der Waals surface area contributed by atoms with Crippen LogP contribution < -0.4 is 4.90 Å². The van der Waals surface area contributed by atoms with Gasteiger partial charge in [0.15, 0.2) is 0 Å². The van der Waals surface area contributed by atoms with Gasteiger partial charge in [0.1, 0.15) is 0 Å². The molecule has 3 aromatic rings. The molecule has 27 heavy (non-hydrogen) atoms. The Kier molecular flexibility index (Phi) is 5.03. The molecule has 4 nitrogen and oxygen atoms in total. The molecule has 4 rings (SSSR count). The molecule has 0 radical (unpaired) electrons. The fourth-order valence-corrected chi connectivity index (χ4v) is 4.58. The van der Waals surface area contributed by atoms with E-state index in [1.54, 1.807) is 0 Å². The van der Waals surface area contributed by atoms with Crippen LogP contribution in [0.4, 0.5) is 5.69 Å². The molecule has 0 N–H and O–H groups in total. The molecular formula is C22H23N3OS. The lowest BCUT2D eigenvalue weighted by Crippen LogP contribution is -2.33. The van der Waals surface area contributed by atoms with Gasteiger partial charge in [0.25, 0.3) is 0 Å². The number of para-hydroxylation sites is 2. The Bertz CT molecular complexity index is 965. The smallest absolute Gasteiger partial charge is 0.231 e. The van der Waals surface area contributed by atoms with Crippen molar-refractivity contribution in [2.75, 3.05) is 17.2 Å². The van der Waals surface area contributed by atoms with Gasteiger partial charge in [0, 0.05) is 22.7 Å². The highest BCUT2D eigenvalue weighted by molar-refractivity contribution is 7.99. The van der Waals surface area contributed by atoms with Crippen molar-refractivity contribution in [3.05, 3.63) is 71.5 Å². The Balaban J connectivity index is 1.63. The molecule has 0 saturated heterocycles. The van der Waals surface area contributed by atoms with Gasteiger partial charge in [-0.1, -0.05) is 30.3 Å². The number of aryl methyl sites for hydroxylation is 1. The van der Waals surface area contributed by atoms with Crippen LogP contribution in [-0.2, 0) is 11.2 Å². The van der Waals surface area contributed by atoms with Gasteiger partial charge in [-0.25, -0.2) is 4.68 Å². The normalized spacial score (nSPS) is 13.9. The predicted molar refractivity (Wildman–Crippen MR) is 111 cm³/mol. The van der Waals surface area contributed by atoms with Crippen LogP contribution in [0.2, 0.25) is 0 Å². The third kappa shape index (κ3) is 3.52. The molecule has 138 valence electrons. The molecule has 0 fully saturated rings. The van der Waals surface area contributed by atoms with Crippen molar-refractivity contribution in [2.45, 2.75) is 31.6 Å². The van der Waals surface area contributed by atoms with E-state index in [2.05, 4.69) is 17.2 Å². The lowest BCUT2D eigenvalue weighted by atomic mass is 10.1. The predicted octanol–water partition coefficient (Wildman–Crippen LogP) is 4.56. The van der Waals surface area contributed by atoms with Crippen molar-refractivity contribution < 1.29 is 4.79 Å². The summed E-state index contributed by atoms with van der Waals surface area (Å²) in [5.74, 6) is 1.19. The van der Waals surface area contributed by atoms with Gasteiger partial charge in [-0.05, 0) is 50.3 Å². The van der Waals surface area contributed by atoms with Crippen LogP contribution in [0.5, 0.6) is 0 Å². The summed E-state index contributed by atoms with van der Waals surface area (Å²) in [4.78, 5) is 16.4. The molecule has 0 spiro atoms. The van der Waals surface area contributed by atoms with Crippen molar-refractivity contribution in [3.8, 4) is 5.69 Å². The maximum Gasteiger partial charge on any atom is 0.231 e. The van der Waals surface area contributed by atoms with Gasteiger partial charge in [-0.3, -0.25) is 4.79 Å². The average Bonchev–Trinajstić information content (AvgIpc) is 2.87. The second-order valence-corrected chi connectivity index (χ2v) is 7.93. The van der Waals surface area contributed by atoms with Gasteiger partial charge in [-0.15, -0.1) is 11.8 Å². The number of carbonyl (C=O) groups is 1. The van der Waals surface area contributed by atoms with Crippen molar-refractivity contribution in [2.24, 2.45) is 0 Å². The molecule has 0 atom stereocenters. The van der Waals surface area contributed by atoms with Crippen LogP contribution >= 0.6 is 11.8 Å². The van der Waals surface area contributed by atoms with E-state index in [4.69, 9.17) is 0 Å². The topological polar surface area (TPSA) is 38.1 Å². The molecule has 1 amide bonds. The summed E-state index contributed by atoms with van der Waals surface area (Å²) in [6.45, 7) is 4.80. The molecule has 0 saturated carbocycles. The Morgan fingerprint density at radius 1 is 1.07 bits per heavy atom. The molecule has 5 heteroatoms. The first-order valence-electron chi connectivity index (χ1n) is 9.28. The van der Waals surface area contributed by atoms with Crippen molar-refractivity contribution in [1.29, 1.82) is 0 Å². The van der Waals surface area contributed by atoms with Crippen LogP contribution in [0.15, 0.2) is 59.5 Å². The number of carbonyl (C=O) groups excluding carboxylic acids is 1. The number of thioether (sulfide) groups is 1. The summed E-state index contributed by atoms with van der Waals surface area (Å²) in [5.41, 5.74) is 5.04. The summed E-state index contributed by atoms with van der Waals surface area (Å²) < 4.78 is 1.93. The van der Waals surface area contributed by atoms with Gasteiger partial charge in [0.2, 0.25) is 5.91 Å². The number of anilines is 1. The van der Waals surface area contributed by atoms with Crippen LogP contribution in [0.1, 0.15) is 23.4 Å². The minimum absolute atomic E-state index is 0.142. The van der Waals surface area contributed by atoms with E-state index in [-0.39, 0.29) is 5.91 Å². The Labute approximate surface area is 164 Å². The minimum Gasteiger partial charge on any atom is -0.311 e. The zero-order valence-corrected chi connectivity index (χ0v) is 16.5. The molecule has 0 bridgehead atoms. The number of rotatable bonds is 3. The molecule has 1 aromatic heterocycles. The average molecular weight is 378 g/mol.